The monoisotopic (exact) mass is 548 g/mol. The Hall–Kier alpha value is -4.43. The van der Waals surface area contributed by atoms with Crippen molar-refractivity contribution in [2.75, 3.05) is 13.1 Å². The Labute approximate surface area is 239 Å². The van der Waals surface area contributed by atoms with Crippen LogP contribution in [0.3, 0.4) is 0 Å². The predicted molar refractivity (Wildman–Crippen MR) is 162 cm³/mol. The van der Waals surface area contributed by atoms with E-state index in [1.54, 1.807) is 9.25 Å². The number of hydrogen-bond donors (Lipinski definition) is 1. The zero-order valence-corrected chi connectivity index (χ0v) is 23.7. The number of aryl methyl sites for hydroxylation is 2. The summed E-state index contributed by atoms with van der Waals surface area (Å²) >= 11 is 0. The van der Waals surface area contributed by atoms with Gasteiger partial charge < -0.3 is 5.32 Å². The molecule has 1 saturated heterocycles. The molecule has 210 valence electrons. The van der Waals surface area contributed by atoms with Gasteiger partial charge >= 0.3 is 5.69 Å². The smallest absolute Gasteiger partial charge is 0.329 e. The lowest BCUT2D eigenvalue weighted by Crippen LogP contribution is -2.38. The number of hydrogen-bond acceptors (Lipinski definition) is 4. The minimum absolute atomic E-state index is 0.00652. The standard InChI is InChI=1S/C33H36N6O2/c1-3-38-29-16-15-26(19-30(29)39(4-2)33(38)41)28-22-37(35-32(28)25-13-9-6-10-14-25)23-31(40)34-27-17-18-36(21-27)20-24-11-7-5-8-12-24/h5-16,19,22,27H,3-4,17-18,20-21,23H2,1-2H3,(H,34,40). The summed E-state index contributed by atoms with van der Waals surface area (Å²) in [6, 6.07) is 26.7. The summed E-state index contributed by atoms with van der Waals surface area (Å²) in [5.41, 5.74) is 6.81. The van der Waals surface area contributed by atoms with E-state index in [0.717, 1.165) is 59.5 Å². The van der Waals surface area contributed by atoms with E-state index >= 15 is 0 Å². The van der Waals surface area contributed by atoms with Crippen LogP contribution in [0.5, 0.6) is 0 Å². The van der Waals surface area contributed by atoms with Crippen molar-refractivity contribution in [2.45, 2.75) is 52.5 Å². The number of imidazole rings is 1. The number of benzene rings is 3. The van der Waals surface area contributed by atoms with Crippen LogP contribution in [-0.2, 0) is 31.0 Å². The third-order valence-corrected chi connectivity index (χ3v) is 7.96. The Balaban J connectivity index is 1.24. The number of aromatic nitrogens is 4. The molecule has 1 atom stereocenters. The Morgan fingerprint density at radius 2 is 1.61 bits per heavy atom. The predicted octanol–water partition coefficient (Wildman–Crippen LogP) is 4.76. The summed E-state index contributed by atoms with van der Waals surface area (Å²) in [5.74, 6) is -0.0412. The molecule has 0 radical (unpaired) electrons. The molecule has 1 amide bonds. The topological polar surface area (TPSA) is 77.1 Å². The van der Waals surface area contributed by atoms with Gasteiger partial charge in [-0.3, -0.25) is 23.5 Å². The molecule has 6 rings (SSSR count). The van der Waals surface area contributed by atoms with Crippen molar-refractivity contribution in [3.05, 3.63) is 101 Å². The van der Waals surface area contributed by atoms with Crippen molar-refractivity contribution in [1.29, 1.82) is 0 Å². The molecule has 1 N–H and O–H groups in total. The third-order valence-electron chi connectivity index (χ3n) is 7.96. The molecule has 0 bridgehead atoms. The number of fused-ring (bicyclic) bond motifs is 1. The maximum Gasteiger partial charge on any atom is 0.329 e. The molecule has 8 nitrogen and oxygen atoms in total. The van der Waals surface area contributed by atoms with E-state index in [0.29, 0.717) is 13.1 Å². The molecule has 5 aromatic rings. The van der Waals surface area contributed by atoms with Crippen LogP contribution in [-0.4, -0.2) is 48.9 Å². The Morgan fingerprint density at radius 3 is 2.34 bits per heavy atom. The van der Waals surface area contributed by atoms with Gasteiger partial charge in [-0.2, -0.15) is 5.10 Å². The number of amides is 1. The van der Waals surface area contributed by atoms with Gasteiger partial charge in [0.2, 0.25) is 5.91 Å². The fourth-order valence-electron chi connectivity index (χ4n) is 5.98. The minimum Gasteiger partial charge on any atom is -0.350 e. The highest BCUT2D eigenvalue weighted by Gasteiger charge is 2.24. The summed E-state index contributed by atoms with van der Waals surface area (Å²) in [7, 11) is 0. The first-order chi connectivity index (χ1) is 20.0. The van der Waals surface area contributed by atoms with Gasteiger partial charge in [0, 0.05) is 56.1 Å². The maximum absolute atomic E-state index is 13.1. The van der Waals surface area contributed by atoms with Crippen LogP contribution in [0.2, 0.25) is 0 Å². The molecule has 3 heterocycles. The van der Waals surface area contributed by atoms with Gasteiger partial charge in [-0.1, -0.05) is 66.7 Å². The number of nitrogens with one attached hydrogen (secondary N) is 1. The van der Waals surface area contributed by atoms with Gasteiger partial charge in [-0.25, -0.2) is 4.79 Å². The minimum atomic E-state index is -0.0412. The molecule has 41 heavy (non-hydrogen) atoms. The molecule has 1 aliphatic rings. The van der Waals surface area contributed by atoms with Crippen LogP contribution in [0.4, 0.5) is 0 Å². The van der Waals surface area contributed by atoms with Crippen LogP contribution in [0.25, 0.3) is 33.4 Å². The lowest BCUT2D eigenvalue weighted by molar-refractivity contribution is -0.122. The van der Waals surface area contributed by atoms with Gasteiger partial charge in [0.25, 0.3) is 0 Å². The van der Waals surface area contributed by atoms with E-state index < -0.39 is 0 Å². The Bertz CT molecular complexity index is 1720. The van der Waals surface area contributed by atoms with Crippen LogP contribution < -0.4 is 11.0 Å². The number of carbonyl (C=O) groups is 1. The fourth-order valence-corrected chi connectivity index (χ4v) is 5.98. The summed E-state index contributed by atoms with van der Waals surface area (Å²) in [6.07, 6.45) is 2.89. The zero-order chi connectivity index (χ0) is 28.3. The third kappa shape index (κ3) is 5.47. The lowest BCUT2D eigenvalue weighted by atomic mass is 10.0. The van der Waals surface area contributed by atoms with Crippen molar-refractivity contribution in [3.8, 4) is 22.4 Å². The van der Waals surface area contributed by atoms with Crippen LogP contribution in [0, 0.1) is 0 Å². The first-order valence-corrected chi connectivity index (χ1v) is 14.5. The SMILES string of the molecule is CCn1c(=O)n(CC)c2cc(-c3cn(CC(=O)NC4CCN(Cc5ccccc5)C4)nc3-c3ccccc3)ccc21. The fraction of sp³-hybridized carbons (Fsp3) is 0.303. The van der Waals surface area contributed by atoms with E-state index in [9.17, 15) is 9.59 Å². The first-order valence-electron chi connectivity index (χ1n) is 14.5. The largest absolute Gasteiger partial charge is 0.350 e. The molecule has 8 heteroatoms. The molecule has 0 spiro atoms. The Morgan fingerprint density at radius 1 is 0.902 bits per heavy atom. The van der Waals surface area contributed by atoms with Gasteiger partial charge in [0.15, 0.2) is 0 Å². The van der Waals surface area contributed by atoms with Crippen molar-refractivity contribution < 1.29 is 4.79 Å². The zero-order valence-electron chi connectivity index (χ0n) is 23.7. The lowest BCUT2D eigenvalue weighted by Gasteiger charge is -2.16. The van der Waals surface area contributed by atoms with Crippen molar-refractivity contribution in [2.24, 2.45) is 0 Å². The van der Waals surface area contributed by atoms with Crippen molar-refractivity contribution in [1.82, 2.24) is 29.1 Å². The molecular weight excluding hydrogens is 512 g/mol. The van der Waals surface area contributed by atoms with Crippen LogP contribution >= 0.6 is 0 Å². The molecule has 2 aromatic heterocycles. The number of likely N-dealkylation sites (tertiary alicyclic amines) is 1. The molecule has 0 saturated carbocycles. The normalized spacial score (nSPS) is 15.5. The second-order valence-electron chi connectivity index (χ2n) is 10.7. The average Bonchev–Trinajstić information content (AvgIpc) is 3.68. The highest BCUT2D eigenvalue weighted by Crippen LogP contribution is 2.33. The van der Waals surface area contributed by atoms with Crippen LogP contribution in [0.1, 0.15) is 25.8 Å². The summed E-state index contributed by atoms with van der Waals surface area (Å²) in [5, 5.41) is 8.10. The van der Waals surface area contributed by atoms with Crippen LogP contribution in [0.15, 0.2) is 89.9 Å². The molecule has 1 aliphatic heterocycles. The summed E-state index contributed by atoms with van der Waals surface area (Å²) in [6.45, 7) is 8.05. The highest BCUT2D eigenvalue weighted by atomic mass is 16.2. The highest BCUT2D eigenvalue weighted by molar-refractivity contribution is 5.87. The van der Waals surface area contributed by atoms with Crippen molar-refractivity contribution >= 4 is 16.9 Å². The Kier molecular flexibility index (Phi) is 7.57. The maximum atomic E-state index is 13.1. The first kappa shape index (κ1) is 26.8. The van der Waals surface area contributed by atoms with E-state index in [1.807, 2.05) is 73.1 Å². The molecule has 1 fully saturated rings. The van der Waals surface area contributed by atoms with Crippen molar-refractivity contribution in [3.63, 3.8) is 0 Å². The summed E-state index contributed by atoms with van der Waals surface area (Å²) < 4.78 is 5.35. The summed E-state index contributed by atoms with van der Waals surface area (Å²) in [4.78, 5) is 28.4. The van der Waals surface area contributed by atoms with E-state index in [1.165, 1.54) is 5.56 Å². The van der Waals surface area contributed by atoms with Gasteiger partial charge in [0.1, 0.15) is 12.2 Å². The number of nitrogens with zero attached hydrogens (tertiary/aromatic N) is 5. The van der Waals surface area contributed by atoms with E-state index in [4.69, 9.17) is 5.10 Å². The van der Waals surface area contributed by atoms with Gasteiger partial charge in [0.05, 0.1) is 11.0 Å². The van der Waals surface area contributed by atoms with E-state index in [2.05, 4.69) is 40.5 Å². The van der Waals surface area contributed by atoms with Gasteiger partial charge in [-0.05, 0) is 43.5 Å². The number of rotatable bonds is 9. The molecular formula is C33H36N6O2. The molecule has 0 aliphatic carbocycles. The average molecular weight is 549 g/mol. The van der Waals surface area contributed by atoms with E-state index in [-0.39, 0.29) is 24.2 Å². The second-order valence-corrected chi connectivity index (χ2v) is 10.7. The van der Waals surface area contributed by atoms with Gasteiger partial charge in [-0.15, -0.1) is 0 Å². The molecule has 1 unspecified atom stereocenters. The quantitative estimate of drug-likeness (QED) is 0.288. The molecule has 3 aromatic carbocycles. The second kappa shape index (κ2) is 11.6. The number of carbonyl (C=O) groups excluding carboxylic acids is 1.